The molecule has 0 spiro atoms. The van der Waals surface area contributed by atoms with Crippen molar-refractivity contribution in [3.8, 4) is 0 Å². The Kier molecular flexibility index (Phi) is 4.67. The van der Waals surface area contributed by atoms with Crippen LogP contribution < -0.4 is 0 Å². The zero-order valence-corrected chi connectivity index (χ0v) is 14.8. The fourth-order valence-electron chi connectivity index (χ4n) is 6.44. The second-order valence-corrected chi connectivity index (χ2v) is 8.97. The maximum atomic E-state index is 10.2. The summed E-state index contributed by atoms with van der Waals surface area (Å²) in [6.07, 6.45) is 6.75. The Labute approximate surface area is 140 Å². The molecule has 3 N–H and O–H groups in total. The van der Waals surface area contributed by atoms with Crippen molar-refractivity contribution in [1.82, 2.24) is 0 Å². The molecule has 132 valence electrons. The fourth-order valence-corrected chi connectivity index (χ4v) is 6.44. The van der Waals surface area contributed by atoms with Gasteiger partial charge in [0.25, 0.3) is 0 Å². The predicted molar refractivity (Wildman–Crippen MR) is 91.8 cm³/mol. The normalized spacial score (nSPS) is 50.8. The molecular weight excluding hydrogens is 288 g/mol. The van der Waals surface area contributed by atoms with Gasteiger partial charge in [-0.3, -0.25) is 0 Å². The Morgan fingerprint density at radius 3 is 2.43 bits per heavy atom. The lowest BCUT2D eigenvalue weighted by Gasteiger charge is -2.56. The summed E-state index contributed by atoms with van der Waals surface area (Å²) in [7, 11) is 0. The first-order valence-corrected chi connectivity index (χ1v) is 9.45. The van der Waals surface area contributed by atoms with Crippen molar-refractivity contribution in [3.05, 3.63) is 12.2 Å². The van der Waals surface area contributed by atoms with Crippen LogP contribution in [0.4, 0.5) is 0 Å². The van der Waals surface area contributed by atoms with Crippen LogP contribution >= 0.6 is 0 Å². The number of aliphatic hydroxyl groups excluding tert-OH is 3. The SMILES string of the molecule is C=C1CCC2[C@@H](CO)C([C@@]3(C)CC[C@H](O)C[C@@H]3CO)CC[C@@]12C. The molecule has 0 aromatic heterocycles. The number of fused-ring (bicyclic) bond motifs is 1. The lowest BCUT2D eigenvalue weighted by atomic mass is 9.49. The zero-order valence-electron chi connectivity index (χ0n) is 14.8. The van der Waals surface area contributed by atoms with Crippen molar-refractivity contribution < 1.29 is 15.3 Å². The molecule has 0 bridgehead atoms. The standard InChI is InChI=1S/C20H34O3/c1-13-4-5-17-16(12-22)18(7-9-19(13,17)2)20(3)8-6-15(23)10-14(20)11-21/h14-18,21-23H,1,4-12H2,2-3H3/t14-,15+,16-,17?,18?,19+,20+/m1/s1. The molecule has 0 heterocycles. The van der Waals surface area contributed by atoms with E-state index in [-0.39, 0.29) is 36.1 Å². The van der Waals surface area contributed by atoms with Gasteiger partial charge in [0, 0.05) is 13.2 Å². The van der Waals surface area contributed by atoms with Crippen LogP contribution in [0.25, 0.3) is 0 Å². The van der Waals surface area contributed by atoms with Crippen molar-refractivity contribution in [2.45, 2.75) is 64.9 Å². The third-order valence-corrected chi connectivity index (χ3v) is 8.18. The highest BCUT2D eigenvalue weighted by molar-refractivity contribution is 5.20. The Bertz CT molecular complexity index is 462. The Hall–Kier alpha value is -0.380. The van der Waals surface area contributed by atoms with Crippen molar-refractivity contribution in [3.63, 3.8) is 0 Å². The van der Waals surface area contributed by atoms with E-state index in [0.717, 1.165) is 38.5 Å². The first-order valence-electron chi connectivity index (χ1n) is 9.45. The number of allylic oxidation sites excluding steroid dienone is 1. The van der Waals surface area contributed by atoms with Gasteiger partial charge in [0.1, 0.15) is 0 Å². The van der Waals surface area contributed by atoms with Gasteiger partial charge in [-0.15, -0.1) is 0 Å². The monoisotopic (exact) mass is 322 g/mol. The number of hydrogen-bond acceptors (Lipinski definition) is 3. The molecule has 2 unspecified atom stereocenters. The molecule has 3 aliphatic carbocycles. The van der Waals surface area contributed by atoms with Gasteiger partial charge in [-0.05, 0) is 79.4 Å². The molecule has 3 heteroatoms. The molecule has 0 aromatic rings. The molecule has 0 saturated heterocycles. The quantitative estimate of drug-likeness (QED) is 0.700. The molecule has 7 atom stereocenters. The molecule has 3 rings (SSSR count). The van der Waals surface area contributed by atoms with E-state index in [2.05, 4.69) is 20.4 Å². The van der Waals surface area contributed by atoms with Crippen molar-refractivity contribution >= 4 is 0 Å². The van der Waals surface area contributed by atoms with Crippen LogP contribution in [0.2, 0.25) is 0 Å². The molecular formula is C20H34O3. The Morgan fingerprint density at radius 1 is 1.04 bits per heavy atom. The van der Waals surface area contributed by atoms with E-state index in [4.69, 9.17) is 0 Å². The fraction of sp³-hybridized carbons (Fsp3) is 0.900. The van der Waals surface area contributed by atoms with Gasteiger partial charge in [-0.25, -0.2) is 0 Å². The van der Waals surface area contributed by atoms with E-state index >= 15 is 0 Å². The van der Waals surface area contributed by atoms with Crippen LogP contribution in [-0.4, -0.2) is 34.6 Å². The third-order valence-electron chi connectivity index (χ3n) is 8.18. The van der Waals surface area contributed by atoms with Crippen LogP contribution in [0.15, 0.2) is 12.2 Å². The first kappa shape index (κ1) is 17.4. The van der Waals surface area contributed by atoms with Gasteiger partial charge in [0.2, 0.25) is 0 Å². The van der Waals surface area contributed by atoms with Gasteiger partial charge in [-0.2, -0.15) is 0 Å². The summed E-state index contributed by atoms with van der Waals surface area (Å²) >= 11 is 0. The minimum atomic E-state index is -0.270. The van der Waals surface area contributed by atoms with E-state index in [1.54, 1.807) is 0 Å². The summed E-state index contributed by atoms with van der Waals surface area (Å²) in [4.78, 5) is 0. The van der Waals surface area contributed by atoms with Crippen molar-refractivity contribution in [2.75, 3.05) is 13.2 Å². The zero-order chi connectivity index (χ0) is 16.8. The van der Waals surface area contributed by atoms with Crippen LogP contribution in [-0.2, 0) is 0 Å². The summed E-state index contributed by atoms with van der Waals surface area (Å²) in [5, 5.41) is 30.2. The number of rotatable bonds is 3. The van der Waals surface area contributed by atoms with Gasteiger partial charge < -0.3 is 15.3 Å². The van der Waals surface area contributed by atoms with Gasteiger partial charge >= 0.3 is 0 Å². The van der Waals surface area contributed by atoms with Gasteiger partial charge in [0.05, 0.1) is 6.10 Å². The smallest absolute Gasteiger partial charge is 0.0544 e. The van der Waals surface area contributed by atoms with Crippen LogP contribution in [0.5, 0.6) is 0 Å². The lowest BCUT2D eigenvalue weighted by Crippen LogP contribution is -2.52. The van der Waals surface area contributed by atoms with Crippen molar-refractivity contribution in [1.29, 1.82) is 0 Å². The van der Waals surface area contributed by atoms with E-state index < -0.39 is 0 Å². The molecule has 0 amide bonds. The molecule has 3 saturated carbocycles. The van der Waals surface area contributed by atoms with Gasteiger partial charge in [0.15, 0.2) is 0 Å². The predicted octanol–water partition coefficient (Wildman–Crippen LogP) is 3.14. The highest BCUT2D eigenvalue weighted by Gasteiger charge is 2.56. The van der Waals surface area contributed by atoms with E-state index in [1.807, 2.05) is 0 Å². The largest absolute Gasteiger partial charge is 0.396 e. The summed E-state index contributed by atoms with van der Waals surface area (Å²) in [5.74, 6) is 1.43. The van der Waals surface area contributed by atoms with Crippen LogP contribution in [0.1, 0.15) is 58.8 Å². The molecule has 0 aliphatic heterocycles. The minimum absolute atomic E-state index is 0.0344. The average molecular weight is 322 g/mol. The molecule has 3 aliphatic rings. The maximum absolute atomic E-state index is 10.2. The third kappa shape index (κ3) is 2.60. The summed E-state index contributed by atoms with van der Waals surface area (Å²) in [5.41, 5.74) is 1.61. The highest BCUT2D eigenvalue weighted by Crippen LogP contribution is 2.63. The molecule has 23 heavy (non-hydrogen) atoms. The molecule has 3 nitrogen and oxygen atoms in total. The highest BCUT2D eigenvalue weighted by atomic mass is 16.3. The summed E-state index contributed by atoms with van der Waals surface area (Å²) < 4.78 is 0. The maximum Gasteiger partial charge on any atom is 0.0544 e. The summed E-state index contributed by atoms with van der Waals surface area (Å²) in [6.45, 7) is 9.37. The second-order valence-electron chi connectivity index (χ2n) is 8.97. The second kappa shape index (κ2) is 6.16. The average Bonchev–Trinajstić information content (AvgIpc) is 2.84. The van der Waals surface area contributed by atoms with Crippen LogP contribution in [0, 0.1) is 34.5 Å². The minimum Gasteiger partial charge on any atom is -0.396 e. The number of hydrogen-bond donors (Lipinski definition) is 3. The van der Waals surface area contributed by atoms with E-state index in [9.17, 15) is 15.3 Å². The molecule has 0 aromatic carbocycles. The first-order chi connectivity index (χ1) is 10.9. The van der Waals surface area contributed by atoms with E-state index in [0.29, 0.717) is 24.2 Å². The topological polar surface area (TPSA) is 60.7 Å². The lowest BCUT2D eigenvalue weighted by molar-refractivity contribution is -0.104. The number of aliphatic hydroxyl groups is 3. The van der Waals surface area contributed by atoms with Gasteiger partial charge in [-0.1, -0.05) is 26.0 Å². The molecule has 3 fully saturated rings. The Balaban J connectivity index is 1.89. The Morgan fingerprint density at radius 2 is 1.78 bits per heavy atom. The van der Waals surface area contributed by atoms with Crippen LogP contribution in [0.3, 0.4) is 0 Å². The van der Waals surface area contributed by atoms with E-state index in [1.165, 1.54) is 5.57 Å². The summed E-state index contributed by atoms with van der Waals surface area (Å²) in [6, 6.07) is 0. The van der Waals surface area contributed by atoms with Crippen molar-refractivity contribution in [2.24, 2.45) is 34.5 Å². The molecule has 0 radical (unpaired) electrons.